The molecule has 7 heteroatoms. The van der Waals surface area contributed by atoms with E-state index in [9.17, 15) is 9.59 Å². The molecule has 6 nitrogen and oxygen atoms in total. The summed E-state index contributed by atoms with van der Waals surface area (Å²) in [5, 5.41) is 4.13. The summed E-state index contributed by atoms with van der Waals surface area (Å²) in [5.41, 5.74) is 0.463. The number of rotatable bonds is 4. The van der Waals surface area contributed by atoms with Crippen LogP contribution in [0, 0.1) is 5.41 Å². The monoisotopic (exact) mass is 376 g/mol. The Kier molecular flexibility index (Phi) is 4.99. The first-order valence-electron chi connectivity index (χ1n) is 10.1. The predicted octanol–water partition coefficient (Wildman–Crippen LogP) is 2.89. The first kappa shape index (κ1) is 17.9. The molecule has 1 spiro atoms. The topological polar surface area (TPSA) is 66.4 Å². The summed E-state index contributed by atoms with van der Waals surface area (Å²) in [6.07, 6.45) is 9.30. The summed E-state index contributed by atoms with van der Waals surface area (Å²) < 4.78 is 3.99. The van der Waals surface area contributed by atoms with Crippen molar-refractivity contribution in [2.24, 2.45) is 5.41 Å². The van der Waals surface area contributed by atoms with Crippen LogP contribution in [0.4, 0.5) is 0 Å². The normalized spacial score (nSPS) is 27.0. The molecule has 0 bridgehead atoms. The van der Waals surface area contributed by atoms with Crippen molar-refractivity contribution in [1.29, 1.82) is 0 Å². The average Bonchev–Trinajstić information content (AvgIpc) is 3.38. The van der Waals surface area contributed by atoms with E-state index < -0.39 is 0 Å². The van der Waals surface area contributed by atoms with Crippen LogP contribution in [-0.4, -0.2) is 56.9 Å². The van der Waals surface area contributed by atoms with Crippen molar-refractivity contribution in [3.8, 4) is 0 Å². The quantitative estimate of drug-likeness (QED) is 0.810. The Bertz CT molecular complexity index is 685. The van der Waals surface area contributed by atoms with E-state index in [0.717, 1.165) is 57.2 Å². The average molecular weight is 377 g/mol. The van der Waals surface area contributed by atoms with Gasteiger partial charge in [0, 0.05) is 25.7 Å². The van der Waals surface area contributed by atoms with Gasteiger partial charge < -0.3 is 9.80 Å². The molecule has 1 aliphatic carbocycles. The van der Waals surface area contributed by atoms with Crippen molar-refractivity contribution in [2.75, 3.05) is 19.6 Å². The first-order valence-corrected chi connectivity index (χ1v) is 10.8. The summed E-state index contributed by atoms with van der Waals surface area (Å²) in [5.74, 6) is 0.327. The molecule has 0 N–H and O–H groups in total. The fourth-order valence-corrected chi connectivity index (χ4v) is 5.68. The number of hydrogen-bond acceptors (Lipinski definition) is 5. The fraction of sp³-hybridized carbons (Fsp3) is 0.789. The lowest BCUT2D eigenvalue weighted by Gasteiger charge is -2.42. The fourth-order valence-electron chi connectivity index (χ4n) is 5.00. The minimum absolute atomic E-state index is 0.0196. The molecule has 142 valence electrons. The van der Waals surface area contributed by atoms with Crippen LogP contribution in [0.25, 0.3) is 0 Å². The highest BCUT2D eigenvalue weighted by Crippen LogP contribution is 2.42. The second-order valence-electron chi connectivity index (χ2n) is 8.10. The molecular weight excluding hydrogens is 348 g/mol. The molecule has 0 radical (unpaired) electrons. The Morgan fingerprint density at radius 1 is 1.23 bits per heavy atom. The minimum Gasteiger partial charge on any atom is -0.339 e. The zero-order valence-corrected chi connectivity index (χ0v) is 16.4. The first-order chi connectivity index (χ1) is 12.6. The van der Waals surface area contributed by atoms with Crippen molar-refractivity contribution in [2.45, 2.75) is 70.8 Å². The summed E-state index contributed by atoms with van der Waals surface area (Å²) in [7, 11) is 0. The van der Waals surface area contributed by atoms with Gasteiger partial charge in [-0.1, -0.05) is 30.7 Å². The van der Waals surface area contributed by atoms with Crippen molar-refractivity contribution >= 4 is 23.3 Å². The van der Waals surface area contributed by atoms with Gasteiger partial charge in [-0.05, 0) is 50.1 Å². The second-order valence-corrected chi connectivity index (χ2v) is 8.85. The Morgan fingerprint density at radius 2 is 2.04 bits per heavy atom. The lowest BCUT2D eigenvalue weighted by atomic mass is 9.77. The molecule has 0 aromatic carbocycles. The molecule has 2 amide bonds. The maximum Gasteiger partial charge on any atom is 0.267 e. The van der Waals surface area contributed by atoms with Gasteiger partial charge in [0.25, 0.3) is 5.91 Å². The van der Waals surface area contributed by atoms with Crippen LogP contribution in [0.1, 0.15) is 73.7 Å². The number of amides is 2. The van der Waals surface area contributed by atoms with Gasteiger partial charge in [0.15, 0.2) is 0 Å². The zero-order valence-electron chi connectivity index (χ0n) is 15.6. The van der Waals surface area contributed by atoms with Crippen molar-refractivity contribution < 1.29 is 9.59 Å². The zero-order chi connectivity index (χ0) is 18.1. The summed E-state index contributed by atoms with van der Waals surface area (Å²) in [6, 6.07) is 0.436. The van der Waals surface area contributed by atoms with Crippen LogP contribution in [-0.2, 0) is 11.2 Å². The van der Waals surface area contributed by atoms with E-state index in [2.05, 4.69) is 21.4 Å². The number of piperidine rings is 1. The van der Waals surface area contributed by atoms with Gasteiger partial charge in [-0.3, -0.25) is 9.59 Å². The summed E-state index contributed by atoms with van der Waals surface area (Å²) in [4.78, 5) is 31.0. The van der Waals surface area contributed by atoms with E-state index in [4.69, 9.17) is 0 Å². The summed E-state index contributed by atoms with van der Waals surface area (Å²) in [6.45, 7) is 4.22. The molecule has 2 aliphatic heterocycles. The third kappa shape index (κ3) is 3.04. The maximum absolute atomic E-state index is 13.3. The molecule has 26 heavy (non-hydrogen) atoms. The number of aryl methyl sites for hydroxylation is 1. The lowest BCUT2D eigenvalue weighted by Crippen LogP contribution is -2.53. The van der Waals surface area contributed by atoms with Crippen LogP contribution in [0.5, 0.6) is 0 Å². The van der Waals surface area contributed by atoms with Crippen LogP contribution in [0.2, 0.25) is 0 Å². The van der Waals surface area contributed by atoms with Crippen molar-refractivity contribution in [3.63, 3.8) is 0 Å². The Labute approximate surface area is 159 Å². The van der Waals surface area contributed by atoms with Gasteiger partial charge in [0.2, 0.25) is 5.91 Å². The van der Waals surface area contributed by atoms with Gasteiger partial charge in [-0.2, -0.15) is 0 Å². The van der Waals surface area contributed by atoms with E-state index >= 15 is 0 Å². The van der Waals surface area contributed by atoms with E-state index in [1.165, 1.54) is 24.4 Å². The van der Waals surface area contributed by atoms with Crippen molar-refractivity contribution in [1.82, 2.24) is 19.4 Å². The molecule has 1 atom stereocenters. The molecule has 1 saturated carbocycles. The second kappa shape index (κ2) is 7.25. The van der Waals surface area contributed by atoms with Crippen LogP contribution >= 0.6 is 11.5 Å². The van der Waals surface area contributed by atoms with Crippen molar-refractivity contribution in [3.05, 3.63) is 10.6 Å². The minimum atomic E-state index is -0.348. The highest BCUT2D eigenvalue weighted by atomic mass is 32.1. The molecular formula is C19H28N4O2S. The lowest BCUT2D eigenvalue weighted by molar-refractivity contribution is -0.148. The largest absolute Gasteiger partial charge is 0.339 e. The third-order valence-electron chi connectivity index (χ3n) is 6.41. The Balaban J connectivity index is 1.49. The van der Waals surface area contributed by atoms with Gasteiger partial charge in [0.05, 0.1) is 11.1 Å². The number of carbonyl (C=O) groups is 2. The van der Waals surface area contributed by atoms with Gasteiger partial charge in [-0.15, -0.1) is 5.10 Å². The van der Waals surface area contributed by atoms with Gasteiger partial charge in [0.1, 0.15) is 4.88 Å². The van der Waals surface area contributed by atoms with E-state index in [-0.39, 0.29) is 11.3 Å². The Morgan fingerprint density at radius 3 is 2.81 bits per heavy atom. The predicted molar refractivity (Wildman–Crippen MR) is 100 cm³/mol. The van der Waals surface area contributed by atoms with E-state index in [1.54, 1.807) is 0 Å². The van der Waals surface area contributed by atoms with Gasteiger partial charge in [-0.25, -0.2) is 0 Å². The van der Waals surface area contributed by atoms with E-state index in [0.29, 0.717) is 29.9 Å². The maximum atomic E-state index is 13.3. The molecule has 1 aromatic heterocycles. The molecule has 3 aliphatic rings. The molecule has 1 aromatic rings. The SMILES string of the molecule is CCCc1nnsc1C(=O)N1CC[C@]2(CCCN(C3CCCC3)C2=O)C1. The van der Waals surface area contributed by atoms with Crippen LogP contribution < -0.4 is 0 Å². The number of hydrogen-bond donors (Lipinski definition) is 0. The standard InChI is InChI=1S/C19H28N4O2S/c1-2-6-15-16(26-21-20-15)17(24)22-12-10-19(13-22)9-5-11-23(18(19)25)14-7-3-4-8-14/h14H,2-13H2,1H3/t19-/m1/s1. The molecule has 4 rings (SSSR count). The summed E-state index contributed by atoms with van der Waals surface area (Å²) >= 11 is 1.19. The van der Waals surface area contributed by atoms with Gasteiger partial charge >= 0.3 is 0 Å². The highest BCUT2D eigenvalue weighted by molar-refractivity contribution is 7.08. The molecule has 0 unspecified atom stereocenters. The van der Waals surface area contributed by atoms with Crippen LogP contribution in [0.3, 0.4) is 0 Å². The third-order valence-corrected chi connectivity index (χ3v) is 7.17. The number of carbonyl (C=O) groups excluding carboxylic acids is 2. The smallest absolute Gasteiger partial charge is 0.267 e. The number of nitrogens with zero attached hydrogens (tertiary/aromatic N) is 4. The highest BCUT2D eigenvalue weighted by Gasteiger charge is 2.51. The molecule has 3 heterocycles. The van der Waals surface area contributed by atoms with Crippen LogP contribution in [0.15, 0.2) is 0 Å². The number of likely N-dealkylation sites (tertiary alicyclic amines) is 2. The van der Waals surface area contributed by atoms with E-state index in [1.807, 2.05) is 4.90 Å². The number of aromatic nitrogens is 2. The molecule has 2 saturated heterocycles. The Hall–Kier alpha value is -1.50. The molecule has 3 fully saturated rings.